The largest absolute Gasteiger partial charge is 0.366 e. The molecular weight excluding hydrogens is 222 g/mol. The zero-order chi connectivity index (χ0) is 8.97. The highest BCUT2D eigenvalue weighted by Gasteiger charge is 1.90. The Morgan fingerprint density at radius 3 is 2.75 bits per heavy atom. The number of carbonyl (C=O) groups excluding carboxylic acids is 1. The number of hydrogen-bond donors (Lipinski definition) is 1. The maximum absolute atomic E-state index is 10.3. The summed E-state index contributed by atoms with van der Waals surface area (Å²) in [6, 6.07) is 0. The average molecular weight is 228 g/mol. The minimum atomic E-state index is -0.500. The van der Waals surface area contributed by atoms with Gasteiger partial charge in [0.2, 0.25) is 5.91 Å². The van der Waals surface area contributed by atoms with Crippen LogP contribution in [0, 0.1) is 0 Å². The van der Waals surface area contributed by atoms with E-state index in [2.05, 4.69) is 25.9 Å². The molecule has 1 aromatic rings. The lowest BCUT2D eigenvalue weighted by atomic mass is 10.4. The predicted octanol–water partition coefficient (Wildman–Crippen LogP) is 0.738. The third kappa shape index (κ3) is 2.79. The molecule has 0 aromatic carbocycles. The van der Waals surface area contributed by atoms with Crippen molar-refractivity contribution in [1.29, 1.82) is 0 Å². The van der Waals surface area contributed by atoms with E-state index in [1.54, 1.807) is 6.20 Å². The third-order valence-corrected chi connectivity index (χ3v) is 1.47. The van der Waals surface area contributed by atoms with E-state index in [4.69, 9.17) is 5.73 Å². The summed E-state index contributed by atoms with van der Waals surface area (Å²) in [6.07, 6.45) is 5.81. The fraction of sp³-hybridized carbons (Fsp3) is 0. The smallest absolute Gasteiger partial charge is 0.241 e. The van der Waals surface area contributed by atoms with Gasteiger partial charge in [0.15, 0.2) is 0 Å². The van der Waals surface area contributed by atoms with E-state index < -0.39 is 5.91 Å². The highest BCUT2D eigenvalue weighted by atomic mass is 79.9. The zero-order valence-corrected chi connectivity index (χ0v) is 7.65. The number of amides is 1. The molecule has 2 N–H and O–H groups in total. The minimum absolute atomic E-state index is 0.500. The topological polar surface area (TPSA) is 68.9 Å². The summed E-state index contributed by atoms with van der Waals surface area (Å²) in [7, 11) is 0. The molecule has 0 unspecified atom stereocenters. The van der Waals surface area contributed by atoms with Crippen molar-refractivity contribution >= 4 is 27.9 Å². The van der Waals surface area contributed by atoms with Crippen LogP contribution in [-0.4, -0.2) is 15.9 Å². The molecule has 1 aromatic heterocycles. The van der Waals surface area contributed by atoms with Crippen LogP contribution >= 0.6 is 15.9 Å². The van der Waals surface area contributed by atoms with Crippen LogP contribution in [0.4, 0.5) is 0 Å². The second-order valence-electron chi connectivity index (χ2n) is 2.00. The Hall–Kier alpha value is -1.23. The van der Waals surface area contributed by atoms with Gasteiger partial charge < -0.3 is 5.73 Å². The number of halogens is 1. The summed E-state index contributed by atoms with van der Waals surface area (Å²) in [4.78, 5) is 18.2. The first-order valence-electron chi connectivity index (χ1n) is 3.13. The molecule has 1 amide bonds. The molecule has 0 saturated heterocycles. The van der Waals surface area contributed by atoms with Crippen LogP contribution in [0.2, 0.25) is 0 Å². The summed E-state index contributed by atoms with van der Waals surface area (Å²) in [6.45, 7) is 0. The normalized spacial score (nSPS) is 10.4. The first kappa shape index (κ1) is 8.86. The maximum atomic E-state index is 10.3. The van der Waals surface area contributed by atoms with Crippen molar-refractivity contribution in [3.05, 3.63) is 28.8 Å². The molecule has 4 nitrogen and oxygen atoms in total. The van der Waals surface area contributed by atoms with Crippen LogP contribution in [0.3, 0.4) is 0 Å². The average Bonchev–Trinajstić information content (AvgIpc) is 2.03. The predicted molar refractivity (Wildman–Crippen MR) is 48.0 cm³/mol. The van der Waals surface area contributed by atoms with Gasteiger partial charge in [0, 0.05) is 6.08 Å². The Kier molecular flexibility index (Phi) is 2.93. The van der Waals surface area contributed by atoms with E-state index in [0.29, 0.717) is 10.3 Å². The van der Waals surface area contributed by atoms with Gasteiger partial charge in [-0.15, -0.1) is 0 Å². The minimum Gasteiger partial charge on any atom is -0.366 e. The molecule has 62 valence electrons. The van der Waals surface area contributed by atoms with E-state index in [0.717, 1.165) is 0 Å². The number of aromatic nitrogens is 2. The molecule has 0 spiro atoms. The van der Waals surface area contributed by atoms with Crippen LogP contribution in [0.5, 0.6) is 0 Å². The van der Waals surface area contributed by atoms with Gasteiger partial charge in [-0.3, -0.25) is 9.78 Å². The summed E-state index contributed by atoms with van der Waals surface area (Å²) >= 11 is 3.14. The molecule has 0 aliphatic carbocycles. The van der Waals surface area contributed by atoms with Gasteiger partial charge in [-0.25, -0.2) is 4.98 Å². The SMILES string of the molecule is NC(=O)C=Cc1cnc(Br)cn1. The van der Waals surface area contributed by atoms with Crippen LogP contribution in [0.1, 0.15) is 5.69 Å². The number of nitrogens with zero attached hydrogens (tertiary/aromatic N) is 2. The van der Waals surface area contributed by atoms with E-state index >= 15 is 0 Å². The molecule has 5 heteroatoms. The molecule has 1 heterocycles. The van der Waals surface area contributed by atoms with E-state index in [1.807, 2.05) is 0 Å². The standard InChI is InChI=1S/C7H6BrN3O/c8-6-4-10-5(3-11-6)1-2-7(9)12/h1-4H,(H2,9,12). The summed E-state index contributed by atoms with van der Waals surface area (Å²) < 4.78 is 0.652. The highest BCUT2D eigenvalue weighted by Crippen LogP contribution is 2.03. The van der Waals surface area contributed by atoms with Gasteiger partial charge in [-0.05, 0) is 22.0 Å². The molecule has 12 heavy (non-hydrogen) atoms. The highest BCUT2D eigenvalue weighted by molar-refractivity contribution is 9.10. The van der Waals surface area contributed by atoms with Gasteiger partial charge in [0.1, 0.15) is 4.60 Å². The Bertz CT molecular complexity index is 307. The van der Waals surface area contributed by atoms with E-state index in [9.17, 15) is 4.79 Å². The fourth-order valence-corrected chi connectivity index (χ4v) is 0.781. The number of carbonyl (C=O) groups is 1. The van der Waals surface area contributed by atoms with E-state index in [1.165, 1.54) is 18.3 Å². The van der Waals surface area contributed by atoms with Gasteiger partial charge >= 0.3 is 0 Å². The third-order valence-electron chi connectivity index (χ3n) is 1.06. The van der Waals surface area contributed by atoms with Crippen molar-refractivity contribution in [3.8, 4) is 0 Å². The van der Waals surface area contributed by atoms with Gasteiger partial charge in [0.25, 0.3) is 0 Å². The lowest BCUT2D eigenvalue weighted by Crippen LogP contribution is -2.05. The summed E-state index contributed by atoms with van der Waals surface area (Å²) in [5, 5.41) is 0. The van der Waals surface area contributed by atoms with Gasteiger partial charge in [0.05, 0.1) is 18.1 Å². The Balaban J connectivity index is 2.77. The van der Waals surface area contributed by atoms with Crippen molar-refractivity contribution in [2.24, 2.45) is 5.73 Å². The zero-order valence-electron chi connectivity index (χ0n) is 6.07. The number of nitrogens with two attached hydrogens (primary N) is 1. The van der Waals surface area contributed by atoms with Crippen molar-refractivity contribution in [2.75, 3.05) is 0 Å². The molecular formula is C7H6BrN3O. The molecule has 0 aliphatic rings. The van der Waals surface area contributed by atoms with Crippen molar-refractivity contribution in [1.82, 2.24) is 9.97 Å². The van der Waals surface area contributed by atoms with Gasteiger partial charge in [-0.2, -0.15) is 0 Å². The van der Waals surface area contributed by atoms with Crippen LogP contribution in [0.25, 0.3) is 6.08 Å². The van der Waals surface area contributed by atoms with Crippen LogP contribution in [-0.2, 0) is 4.79 Å². The molecule has 0 atom stereocenters. The molecule has 1 rings (SSSR count). The second-order valence-corrected chi connectivity index (χ2v) is 2.81. The van der Waals surface area contributed by atoms with Crippen LogP contribution < -0.4 is 5.73 Å². The molecule has 0 saturated carbocycles. The van der Waals surface area contributed by atoms with Crippen LogP contribution in [0.15, 0.2) is 23.1 Å². The first-order valence-corrected chi connectivity index (χ1v) is 3.93. The molecule has 0 bridgehead atoms. The van der Waals surface area contributed by atoms with E-state index in [-0.39, 0.29) is 0 Å². The van der Waals surface area contributed by atoms with Crippen molar-refractivity contribution in [2.45, 2.75) is 0 Å². The lowest BCUT2D eigenvalue weighted by Gasteiger charge is -1.90. The quantitative estimate of drug-likeness (QED) is 0.759. The first-order chi connectivity index (χ1) is 5.68. The van der Waals surface area contributed by atoms with Gasteiger partial charge in [-0.1, -0.05) is 0 Å². The fourth-order valence-electron chi connectivity index (χ4n) is 0.576. The number of primary amides is 1. The summed E-state index contributed by atoms with van der Waals surface area (Å²) in [5.41, 5.74) is 5.48. The Morgan fingerprint density at radius 2 is 2.25 bits per heavy atom. The second kappa shape index (κ2) is 3.96. The maximum Gasteiger partial charge on any atom is 0.241 e. The number of hydrogen-bond acceptors (Lipinski definition) is 3. The molecule has 0 aliphatic heterocycles. The van der Waals surface area contributed by atoms with Crippen molar-refractivity contribution in [3.63, 3.8) is 0 Å². The summed E-state index contributed by atoms with van der Waals surface area (Å²) in [5.74, 6) is -0.500. The molecule has 0 fully saturated rings. The monoisotopic (exact) mass is 227 g/mol. The molecule has 0 radical (unpaired) electrons. The number of rotatable bonds is 2. The Labute approximate surface area is 77.6 Å². The Morgan fingerprint density at radius 1 is 1.50 bits per heavy atom. The van der Waals surface area contributed by atoms with Crippen molar-refractivity contribution < 1.29 is 4.79 Å². The lowest BCUT2D eigenvalue weighted by molar-refractivity contribution is -0.113.